The molecule has 1 atom stereocenters. The molecule has 5 nitrogen and oxygen atoms in total. The predicted octanol–water partition coefficient (Wildman–Crippen LogP) is 0.188. The van der Waals surface area contributed by atoms with Crippen LogP contribution in [0.2, 0.25) is 0 Å². The number of nitrogens with zero attached hydrogens (tertiary/aromatic N) is 2. The van der Waals surface area contributed by atoms with Gasteiger partial charge in [0, 0.05) is 12.3 Å². The number of aliphatic hydroxyl groups excluding tert-OH is 1. The summed E-state index contributed by atoms with van der Waals surface area (Å²) in [4.78, 5) is 17.0. The van der Waals surface area contributed by atoms with Gasteiger partial charge in [-0.25, -0.2) is 0 Å². The standard InChI is InChI=1S/C10H12N2O3/c1-15-9-2-3-11-5-8(9)12-6-7(13)4-10(12)14/h2-3,5,7,13H,4,6H2,1H3. The third-order valence-corrected chi connectivity index (χ3v) is 2.38. The molecule has 15 heavy (non-hydrogen) atoms. The number of carbonyl (C=O) groups is 1. The molecule has 2 heterocycles. The summed E-state index contributed by atoms with van der Waals surface area (Å²) in [5, 5.41) is 9.37. The average molecular weight is 208 g/mol. The quantitative estimate of drug-likeness (QED) is 0.753. The highest BCUT2D eigenvalue weighted by molar-refractivity contribution is 5.97. The van der Waals surface area contributed by atoms with Crippen molar-refractivity contribution in [3.05, 3.63) is 18.5 Å². The van der Waals surface area contributed by atoms with E-state index < -0.39 is 6.10 Å². The van der Waals surface area contributed by atoms with Crippen LogP contribution < -0.4 is 9.64 Å². The zero-order chi connectivity index (χ0) is 10.8. The third-order valence-electron chi connectivity index (χ3n) is 2.38. The van der Waals surface area contributed by atoms with Crippen molar-refractivity contribution < 1.29 is 14.6 Å². The number of ether oxygens (including phenoxy) is 1. The van der Waals surface area contributed by atoms with E-state index in [1.165, 1.54) is 12.0 Å². The highest BCUT2D eigenvalue weighted by atomic mass is 16.5. The molecule has 1 amide bonds. The van der Waals surface area contributed by atoms with Gasteiger partial charge in [0.15, 0.2) is 0 Å². The van der Waals surface area contributed by atoms with E-state index in [0.29, 0.717) is 18.0 Å². The van der Waals surface area contributed by atoms with E-state index in [1.807, 2.05) is 0 Å². The minimum Gasteiger partial charge on any atom is -0.494 e. The number of carbonyl (C=O) groups excluding carboxylic acids is 1. The van der Waals surface area contributed by atoms with Gasteiger partial charge in [0.1, 0.15) is 11.4 Å². The van der Waals surface area contributed by atoms with Crippen LogP contribution >= 0.6 is 0 Å². The molecule has 1 fully saturated rings. The predicted molar refractivity (Wildman–Crippen MR) is 53.8 cm³/mol. The normalized spacial score (nSPS) is 20.8. The van der Waals surface area contributed by atoms with Crippen molar-refractivity contribution in [1.82, 2.24) is 4.98 Å². The first kappa shape index (κ1) is 9.92. The summed E-state index contributed by atoms with van der Waals surface area (Å²) in [5.74, 6) is 0.487. The lowest BCUT2D eigenvalue weighted by Crippen LogP contribution is -2.25. The maximum atomic E-state index is 11.5. The van der Waals surface area contributed by atoms with Gasteiger partial charge in [0.25, 0.3) is 0 Å². The highest BCUT2D eigenvalue weighted by Gasteiger charge is 2.30. The second-order valence-electron chi connectivity index (χ2n) is 3.41. The Labute approximate surface area is 87.3 Å². The molecule has 0 spiro atoms. The number of hydrogen-bond acceptors (Lipinski definition) is 4. The van der Waals surface area contributed by atoms with Gasteiger partial charge in [-0.05, 0) is 0 Å². The summed E-state index contributed by atoms with van der Waals surface area (Å²) in [7, 11) is 1.54. The van der Waals surface area contributed by atoms with Crippen LogP contribution in [0, 0.1) is 0 Å². The topological polar surface area (TPSA) is 62.7 Å². The van der Waals surface area contributed by atoms with E-state index in [9.17, 15) is 9.90 Å². The molecule has 0 radical (unpaired) electrons. The van der Waals surface area contributed by atoms with E-state index in [-0.39, 0.29) is 12.3 Å². The minimum atomic E-state index is -0.595. The van der Waals surface area contributed by atoms with Gasteiger partial charge >= 0.3 is 0 Å². The molecule has 1 aliphatic heterocycles. The van der Waals surface area contributed by atoms with Crippen LogP contribution in [-0.4, -0.2) is 35.8 Å². The Morgan fingerprint density at radius 2 is 2.47 bits per heavy atom. The van der Waals surface area contributed by atoms with Crippen LogP contribution in [0.1, 0.15) is 6.42 Å². The molecule has 1 aromatic heterocycles. The van der Waals surface area contributed by atoms with Crippen molar-refractivity contribution >= 4 is 11.6 Å². The van der Waals surface area contributed by atoms with Crippen LogP contribution in [0.4, 0.5) is 5.69 Å². The molecule has 1 N–H and O–H groups in total. The maximum Gasteiger partial charge on any atom is 0.229 e. The number of anilines is 1. The molecule has 0 saturated carbocycles. The first-order valence-electron chi connectivity index (χ1n) is 4.69. The molecule has 2 rings (SSSR count). The lowest BCUT2D eigenvalue weighted by atomic mass is 10.3. The molecule has 5 heteroatoms. The molecule has 0 aromatic carbocycles. The summed E-state index contributed by atoms with van der Waals surface area (Å²) >= 11 is 0. The van der Waals surface area contributed by atoms with E-state index >= 15 is 0 Å². The Morgan fingerprint density at radius 1 is 1.67 bits per heavy atom. The number of hydrogen-bond donors (Lipinski definition) is 1. The number of methoxy groups -OCH3 is 1. The number of rotatable bonds is 2. The van der Waals surface area contributed by atoms with Crippen molar-refractivity contribution in [1.29, 1.82) is 0 Å². The third kappa shape index (κ3) is 1.78. The van der Waals surface area contributed by atoms with E-state index in [1.54, 1.807) is 18.5 Å². The first-order valence-corrected chi connectivity index (χ1v) is 4.69. The van der Waals surface area contributed by atoms with Crippen LogP contribution in [0.15, 0.2) is 18.5 Å². The first-order chi connectivity index (χ1) is 7.22. The van der Waals surface area contributed by atoms with Crippen LogP contribution in [-0.2, 0) is 4.79 Å². The highest BCUT2D eigenvalue weighted by Crippen LogP contribution is 2.29. The lowest BCUT2D eigenvalue weighted by molar-refractivity contribution is -0.117. The van der Waals surface area contributed by atoms with Crippen molar-refractivity contribution in [2.24, 2.45) is 0 Å². The van der Waals surface area contributed by atoms with Gasteiger partial charge in [-0.3, -0.25) is 9.78 Å². The number of pyridine rings is 1. The SMILES string of the molecule is COc1ccncc1N1CC(O)CC1=O. The Hall–Kier alpha value is -1.62. The fraction of sp³-hybridized carbons (Fsp3) is 0.400. The smallest absolute Gasteiger partial charge is 0.229 e. The average Bonchev–Trinajstić information content (AvgIpc) is 2.57. The van der Waals surface area contributed by atoms with E-state index in [2.05, 4.69) is 4.98 Å². The lowest BCUT2D eigenvalue weighted by Gasteiger charge is -2.17. The van der Waals surface area contributed by atoms with E-state index in [0.717, 1.165) is 0 Å². The monoisotopic (exact) mass is 208 g/mol. The molecule has 0 bridgehead atoms. The van der Waals surface area contributed by atoms with Crippen molar-refractivity contribution in [2.75, 3.05) is 18.6 Å². The Bertz CT molecular complexity index is 381. The summed E-state index contributed by atoms with van der Waals surface area (Å²) in [6.07, 6.45) is 2.73. The van der Waals surface area contributed by atoms with Gasteiger partial charge in [-0.1, -0.05) is 0 Å². The molecular weight excluding hydrogens is 196 g/mol. The van der Waals surface area contributed by atoms with Gasteiger partial charge in [-0.2, -0.15) is 0 Å². The van der Waals surface area contributed by atoms with E-state index in [4.69, 9.17) is 4.74 Å². The summed E-state index contributed by atoms with van der Waals surface area (Å²) < 4.78 is 5.13. The summed E-state index contributed by atoms with van der Waals surface area (Å²) in [6, 6.07) is 1.69. The Kier molecular flexibility index (Phi) is 2.55. The molecular formula is C10H12N2O3. The largest absolute Gasteiger partial charge is 0.494 e. The molecule has 1 unspecified atom stereocenters. The molecule has 1 saturated heterocycles. The van der Waals surface area contributed by atoms with Gasteiger partial charge in [0.2, 0.25) is 5.91 Å². The molecule has 0 aliphatic carbocycles. The molecule has 80 valence electrons. The Balaban J connectivity index is 2.33. The molecule has 1 aliphatic rings. The van der Waals surface area contributed by atoms with Crippen molar-refractivity contribution in [3.8, 4) is 5.75 Å². The number of β-amino-alcohol motifs (C(OH)–C–C–N with tert-alkyl or cyclic N) is 1. The fourth-order valence-corrected chi connectivity index (χ4v) is 1.67. The van der Waals surface area contributed by atoms with Crippen molar-refractivity contribution in [2.45, 2.75) is 12.5 Å². The second-order valence-corrected chi connectivity index (χ2v) is 3.41. The van der Waals surface area contributed by atoms with Crippen LogP contribution in [0.25, 0.3) is 0 Å². The Morgan fingerprint density at radius 3 is 3.07 bits per heavy atom. The molecule has 1 aromatic rings. The zero-order valence-electron chi connectivity index (χ0n) is 8.38. The number of aliphatic hydroxyl groups is 1. The second kappa shape index (κ2) is 3.86. The van der Waals surface area contributed by atoms with Gasteiger partial charge in [-0.15, -0.1) is 0 Å². The minimum absolute atomic E-state index is 0.103. The number of amides is 1. The fourth-order valence-electron chi connectivity index (χ4n) is 1.67. The van der Waals surface area contributed by atoms with Gasteiger partial charge in [0.05, 0.1) is 32.4 Å². The van der Waals surface area contributed by atoms with Gasteiger partial charge < -0.3 is 14.7 Å². The van der Waals surface area contributed by atoms with Crippen LogP contribution in [0.3, 0.4) is 0 Å². The maximum absolute atomic E-state index is 11.5. The zero-order valence-corrected chi connectivity index (χ0v) is 8.38. The van der Waals surface area contributed by atoms with Crippen molar-refractivity contribution in [3.63, 3.8) is 0 Å². The van der Waals surface area contributed by atoms with Crippen LogP contribution in [0.5, 0.6) is 5.75 Å². The number of aromatic nitrogens is 1. The summed E-state index contributed by atoms with van der Waals surface area (Å²) in [6.45, 7) is 0.306. The summed E-state index contributed by atoms with van der Waals surface area (Å²) in [5.41, 5.74) is 0.613.